The first-order chi connectivity index (χ1) is 17.2. The van der Waals surface area contributed by atoms with Crippen LogP contribution in [0.25, 0.3) is 55.6 Å². The molecule has 5 N–H and O–H groups in total. The standard InChI is InChI=1S/C27H18ClN5.H4N2/c1-16-4-9-20-19(10-13-30-24(20)17-5-7-18(28)8-6-17)23(16)26-21(3-2-12-29-26)25-22-11-14-31-27(22)33-15-32-25;1-2/h2-15H,1H3,(H,31,32,33);1-2H2. The molecular formula is C27H22ClN7. The lowest BCUT2D eigenvalue weighted by Crippen LogP contribution is -2.02. The second-order valence-electron chi connectivity index (χ2n) is 7.88. The van der Waals surface area contributed by atoms with E-state index >= 15 is 0 Å². The first-order valence-electron chi connectivity index (χ1n) is 10.9. The van der Waals surface area contributed by atoms with Gasteiger partial charge in [-0.05, 0) is 54.3 Å². The number of hydrazine groups is 1. The number of nitrogens with one attached hydrogen (secondary N) is 1. The topological polar surface area (TPSA) is 119 Å². The summed E-state index contributed by atoms with van der Waals surface area (Å²) in [4.78, 5) is 21.7. The van der Waals surface area contributed by atoms with Crippen molar-refractivity contribution in [2.45, 2.75) is 6.92 Å². The summed E-state index contributed by atoms with van der Waals surface area (Å²) in [7, 11) is 0. The van der Waals surface area contributed by atoms with Gasteiger partial charge in [-0.15, -0.1) is 0 Å². The van der Waals surface area contributed by atoms with Gasteiger partial charge in [0.2, 0.25) is 0 Å². The number of fused-ring (bicyclic) bond motifs is 2. The second-order valence-corrected chi connectivity index (χ2v) is 8.32. The zero-order valence-electron chi connectivity index (χ0n) is 18.9. The Hall–Kier alpha value is -4.17. The molecule has 0 amide bonds. The molecule has 0 aliphatic rings. The number of benzene rings is 2. The van der Waals surface area contributed by atoms with Crippen molar-refractivity contribution in [1.29, 1.82) is 0 Å². The number of nitrogens with zero attached hydrogens (tertiary/aromatic N) is 4. The maximum Gasteiger partial charge on any atom is 0.141 e. The van der Waals surface area contributed by atoms with Crippen LogP contribution in [0.2, 0.25) is 5.02 Å². The van der Waals surface area contributed by atoms with E-state index in [0.29, 0.717) is 5.02 Å². The lowest BCUT2D eigenvalue weighted by Gasteiger charge is -2.15. The zero-order valence-corrected chi connectivity index (χ0v) is 19.7. The molecule has 0 aliphatic carbocycles. The van der Waals surface area contributed by atoms with Crippen molar-refractivity contribution in [3.63, 3.8) is 0 Å². The molecule has 4 aromatic heterocycles. The molecule has 6 rings (SSSR count). The van der Waals surface area contributed by atoms with Gasteiger partial charge in [0.1, 0.15) is 12.0 Å². The molecule has 0 aliphatic heterocycles. The second kappa shape index (κ2) is 9.60. The molecule has 7 nitrogen and oxygen atoms in total. The summed E-state index contributed by atoms with van der Waals surface area (Å²) in [6.07, 6.45) is 7.15. The minimum Gasteiger partial charge on any atom is -0.346 e. The maximum absolute atomic E-state index is 6.11. The van der Waals surface area contributed by atoms with E-state index in [4.69, 9.17) is 21.6 Å². The molecule has 2 aromatic carbocycles. The Labute approximate surface area is 206 Å². The van der Waals surface area contributed by atoms with Gasteiger partial charge in [0, 0.05) is 51.1 Å². The van der Waals surface area contributed by atoms with Crippen molar-refractivity contribution in [1.82, 2.24) is 24.9 Å². The molecule has 0 bridgehead atoms. The van der Waals surface area contributed by atoms with E-state index in [2.05, 4.69) is 57.8 Å². The summed E-state index contributed by atoms with van der Waals surface area (Å²) < 4.78 is 0. The highest BCUT2D eigenvalue weighted by Gasteiger charge is 2.18. The number of H-pyrrole nitrogens is 1. The third-order valence-electron chi connectivity index (χ3n) is 5.93. The van der Waals surface area contributed by atoms with E-state index in [1.807, 2.05) is 55.0 Å². The smallest absolute Gasteiger partial charge is 0.141 e. The molecule has 0 saturated carbocycles. The third-order valence-corrected chi connectivity index (χ3v) is 6.18. The first-order valence-corrected chi connectivity index (χ1v) is 11.3. The molecule has 0 atom stereocenters. The van der Waals surface area contributed by atoms with Crippen LogP contribution in [0.15, 0.2) is 85.6 Å². The van der Waals surface area contributed by atoms with Crippen LogP contribution >= 0.6 is 11.6 Å². The normalized spacial score (nSPS) is 10.9. The van der Waals surface area contributed by atoms with Crippen molar-refractivity contribution in [2.75, 3.05) is 0 Å². The van der Waals surface area contributed by atoms with Gasteiger partial charge >= 0.3 is 0 Å². The monoisotopic (exact) mass is 479 g/mol. The van der Waals surface area contributed by atoms with Gasteiger partial charge in [0.25, 0.3) is 0 Å². The van der Waals surface area contributed by atoms with Gasteiger partial charge in [0.15, 0.2) is 0 Å². The fourth-order valence-electron chi connectivity index (χ4n) is 4.40. The van der Waals surface area contributed by atoms with Gasteiger partial charge in [-0.25, -0.2) is 9.97 Å². The highest BCUT2D eigenvalue weighted by atomic mass is 35.5. The van der Waals surface area contributed by atoms with Crippen LogP contribution in [0.3, 0.4) is 0 Å². The average Bonchev–Trinajstić information content (AvgIpc) is 3.39. The number of aromatic amines is 1. The SMILES string of the molecule is Cc1ccc2c(-c3ccc(Cl)cc3)nccc2c1-c1ncccc1-c1ncnc2[nH]ccc12.NN. The Morgan fingerprint density at radius 2 is 1.51 bits per heavy atom. The van der Waals surface area contributed by atoms with Gasteiger partial charge in [-0.3, -0.25) is 21.7 Å². The van der Waals surface area contributed by atoms with Crippen LogP contribution < -0.4 is 11.7 Å². The third kappa shape index (κ3) is 4.02. The molecule has 6 aromatic rings. The van der Waals surface area contributed by atoms with Crippen molar-refractivity contribution < 1.29 is 0 Å². The number of halogens is 1. The summed E-state index contributed by atoms with van der Waals surface area (Å²) in [5, 5.41) is 3.82. The van der Waals surface area contributed by atoms with Crippen molar-refractivity contribution in [3.8, 4) is 33.8 Å². The van der Waals surface area contributed by atoms with Gasteiger partial charge in [0.05, 0.1) is 17.1 Å². The minimum absolute atomic E-state index is 0.703. The van der Waals surface area contributed by atoms with Crippen LogP contribution in [0.4, 0.5) is 0 Å². The van der Waals surface area contributed by atoms with E-state index in [1.54, 1.807) is 6.33 Å². The summed E-state index contributed by atoms with van der Waals surface area (Å²) in [6, 6.07) is 20.1. The van der Waals surface area contributed by atoms with E-state index in [0.717, 1.165) is 61.1 Å². The first kappa shape index (κ1) is 22.6. The van der Waals surface area contributed by atoms with E-state index < -0.39 is 0 Å². The van der Waals surface area contributed by atoms with Crippen LogP contribution in [-0.4, -0.2) is 24.9 Å². The van der Waals surface area contributed by atoms with Gasteiger partial charge < -0.3 is 4.98 Å². The average molecular weight is 480 g/mol. The fourth-order valence-corrected chi connectivity index (χ4v) is 4.52. The highest BCUT2D eigenvalue weighted by molar-refractivity contribution is 6.30. The van der Waals surface area contributed by atoms with E-state index in [9.17, 15) is 0 Å². The minimum atomic E-state index is 0.703. The molecule has 0 fully saturated rings. The number of aromatic nitrogens is 5. The van der Waals surface area contributed by atoms with E-state index in [-0.39, 0.29) is 0 Å². The molecule has 35 heavy (non-hydrogen) atoms. The Balaban J connectivity index is 0.00000124. The van der Waals surface area contributed by atoms with Crippen LogP contribution in [0, 0.1) is 6.92 Å². The molecular weight excluding hydrogens is 458 g/mol. The van der Waals surface area contributed by atoms with Gasteiger partial charge in [-0.1, -0.05) is 35.9 Å². The lowest BCUT2D eigenvalue weighted by molar-refractivity contribution is 1.20. The largest absolute Gasteiger partial charge is 0.346 e. The van der Waals surface area contributed by atoms with E-state index in [1.165, 1.54) is 0 Å². The number of aryl methyl sites for hydroxylation is 1. The van der Waals surface area contributed by atoms with Crippen molar-refractivity contribution in [2.24, 2.45) is 11.7 Å². The van der Waals surface area contributed by atoms with Crippen LogP contribution in [0.1, 0.15) is 5.56 Å². The predicted molar refractivity (Wildman–Crippen MR) is 141 cm³/mol. The molecule has 0 radical (unpaired) electrons. The fraction of sp³-hybridized carbons (Fsp3) is 0.0370. The summed E-state index contributed by atoms with van der Waals surface area (Å²) >= 11 is 6.11. The number of rotatable bonds is 3. The lowest BCUT2D eigenvalue weighted by atomic mass is 9.92. The zero-order chi connectivity index (χ0) is 24.4. The summed E-state index contributed by atoms with van der Waals surface area (Å²) in [5.41, 5.74) is 7.65. The Kier molecular flexibility index (Phi) is 6.20. The van der Waals surface area contributed by atoms with Crippen molar-refractivity contribution in [3.05, 3.63) is 96.2 Å². The quantitative estimate of drug-likeness (QED) is 0.222. The van der Waals surface area contributed by atoms with Gasteiger partial charge in [-0.2, -0.15) is 0 Å². The summed E-state index contributed by atoms with van der Waals surface area (Å²) in [6.45, 7) is 2.11. The number of pyridine rings is 2. The molecule has 0 spiro atoms. The highest BCUT2D eigenvalue weighted by Crippen LogP contribution is 2.39. The molecule has 4 heterocycles. The Morgan fingerprint density at radius 1 is 0.714 bits per heavy atom. The Bertz CT molecular complexity index is 1640. The molecule has 8 heteroatoms. The van der Waals surface area contributed by atoms with Crippen LogP contribution in [0.5, 0.6) is 0 Å². The maximum atomic E-state index is 6.11. The molecule has 0 unspecified atom stereocenters. The number of nitrogens with two attached hydrogens (primary N) is 2. The van der Waals surface area contributed by atoms with Crippen LogP contribution in [-0.2, 0) is 0 Å². The number of hydrogen-bond acceptors (Lipinski definition) is 6. The Morgan fingerprint density at radius 3 is 2.34 bits per heavy atom. The summed E-state index contributed by atoms with van der Waals surface area (Å²) in [5.74, 6) is 8.00. The van der Waals surface area contributed by atoms with Crippen molar-refractivity contribution >= 4 is 33.4 Å². The number of hydrogen-bond donors (Lipinski definition) is 3. The molecule has 172 valence electrons. The molecule has 0 saturated heterocycles. The predicted octanol–water partition coefficient (Wildman–Crippen LogP) is 5.68.